The van der Waals surface area contributed by atoms with E-state index < -0.39 is 0 Å². The summed E-state index contributed by atoms with van der Waals surface area (Å²) in [4.78, 5) is 16.0. The second kappa shape index (κ2) is 4.22. The second-order valence-electron chi connectivity index (χ2n) is 4.42. The van der Waals surface area contributed by atoms with Gasteiger partial charge in [0.05, 0.1) is 23.9 Å². The highest BCUT2D eigenvalue weighted by atomic mass is 16.5. The number of aromatic nitrogens is 1. The molecule has 0 aromatic carbocycles. The number of hydrogen-bond acceptors (Lipinski definition) is 3. The Labute approximate surface area is 95.0 Å². The Morgan fingerprint density at radius 2 is 2.31 bits per heavy atom. The minimum Gasteiger partial charge on any atom is -0.384 e. The molecule has 1 amide bonds. The number of pyridine rings is 1. The molecule has 4 heteroatoms. The molecule has 0 saturated heterocycles. The van der Waals surface area contributed by atoms with Crippen LogP contribution >= 0.6 is 0 Å². The van der Waals surface area contributed by atoms with Gasteiger partial charge in [0.25, 0.3) is 0 Å². The van der Waals surface area contributed by atoms with Crippen LogP contribution in [0.1, 0.15) is 18.4 Å². The highest BCUT2D eigenvalue weighted by molar-refractivity contribution is 5.97. The first kappa shape index (κ1) is 11.1. The van der Waals surface area contributed by atoms with E-state index in [2.05, 4.69) is 10.3 Å². The fourth-order valence-electron chi connectivity index (χ4n) is 1.75. The van der Waals surface area contributed by atoms with E-state index in [4.69, 9.17) is 4.74 Å². The normalized spacial score (nSPS) is 16.9. The van der Waals surface area contributed by atoms with Crippen molar-refractivity contribution in [1.29, 1.82) is 0 Å². The highest BCUT2D eigenvalue weighted by Gasteiger charge is 2.49. The van der Waals surface area contributed by atoms with Crippen LogP contribution in [0.4, 0.5) is 5.69 Å². The molecule has 0 aliphatic heterocycles. The van der Waals surface area contributed by atoms with E-state index in [0.717, 1.165) is 24.1 Å². The third-order valence-electron chi connectivity index (χ3n) is 2.89. The smallest absolute Gasteiger partial charge is 0.232 e. The summed E-state index contributed by atoms with van der Waals surface area (Å²) in [5.74, 6) is 0.0433. The molecule has 0 unspecified atom stereocenters. The van der Waals surface area contributed by atoms with Crippen molar-refractivity contribution >= 4 is 11.6 Å². The van der Waals surface area contributed by atoms with Gasteiger partial charge in [-0.2, -0.15) is 0 Å². The van der Waals surface area contributed by atoms with Crippen LogP contribution in [-0.4, -0.2) is 24.6 Å². The Morgan fingerprint density at radius 1 is 1.56 bits per heavy atom. The molecule has 86 valence electrons. The number of hydrogen-bond donors (Lipinski definition) is 1. The summed E-state index contributed by atoms with van der Waals surface area (Å²) in [6.07, 6.45) is 5.24. The Bertz CT molecular complexity index is 400. The van der Waals surface area contributed by atoms with Crippen molar-refractivity contribution in [2.75, 3.05) is 19.0 Å². The highest BCUT2D eigenvalue weighted by Crippen LogP contribution is 2.46. The van der Waals surface area contributed by atoms with Gasteiger partial charge < -0.3 is 10.1 Å². The van der Waals surface area contributed by atoms with Gasteiger partial charge >= 0.3 is 0 Å². The maximum absolute atomic E-state index is 12.0. The third-order valence-corrected chi connectivity index (χ3v) is 2.89. The molecule has 1 fully saturated rings. The van der Waals surface area contributed by atoms with Crippen molar-refractivity contribution in [3.63, 3.8) is 0 Å². The summed E-state index contributed by atoms with van der Waals surface area (Å²) >= 11 is 0. The zero-order chi connectivity index (χ0) is 11.6. The summed E-state index contributed by atoms with van der Waals surface area (Å²) in [7, 11) is 1.63. The van der Waals surface area contributed by atoms with E-state index in [1.807, 2.05) is 13.0 Å². The number of carbonyl (C=O) groups is 1. The van der Waals surface area contributed by atoms with E-state index in [1.165, 1.54) is 0 Å². The molecule has 1 N–H and O–H groups in total. The molecule has 2 rings (SSSR count). The number of amides is 1. The van der Waals surface area contributed by atoms with Crippen LogP contribution in [0.15, 0.2) is 18.5 Å². The van der Waals surface area contributed by atoms with E-state index in [1.54, 1.807) is 19.5 Å². The quantitative estimate of drug-likeness (QED) is 0.841. The molecule has 0 radical (unpaired) electrons. The monoisotopic (exact) mass is 220 g/mol. The van der Waals surface area contributed by atoms with Crippen molar-refractivity contribution < 1.29 is 9.53 Å². The van der Waals surface area contributed by atoms with Gasteiger partial charge in [-0.15, -0.1) is 0 Å². The molecule has 0 atom stereocenters. The molecule has 1 saturated carbocycles. The number of nitrogens with zero attached hydrogens (tertiary/aromatic N) is 1. The third kappa shape index (κ3) is 2.22. The number of methoxy groups -OCH3 is 1. The summed E-state index contributed by atoms with van der Waals surface area (Å²) in [6.45, 7) is 2.45. The number of rotatable bonds is 4. The van der Waals surface area contributed by atoms with Crippen molar-refractivity contribution in [3.8, 4) is 0 Å². The maximum Gasteiger partial charge on any atom is 0.232 e. The fourth-order valence-corrected chi connectivity index (χ4v) is 1.75. The van der Waals surface area contributed by atoms with Crippen LogP contribution in [0.2, 0.25) is 0 Å². The first-order valence-corrected chi connectivity index (χ1v) is 5.38. The molecule has 1 aromatic heterocycles. The molecule has 0 spiro atoms. The predicted molar refractivity (Wildman–Crippen MR) is 61.1 cm³/mol. The average molecular weight is 220 g/mol. The lowest BCUT2D eigenvalue weighted by atomic mass is 10.1. The van der Waals surface area contributed by atoms with E-state index in [9.17, 15) is 4.79 Å². The molecule has 4 nitrogen and oxygen atoms in total. The van der Waals surface area contributed by atoms with Crippen LogP contribution in [0, 0.1) is 12.3 Å². The van der Waals surface area contributed by atoms with Gasteiger partial charge in [-0.25, -0.2) is 0 Å². The lowest BCUT2D eigenvalue weighted by Gasteiger charge is -2.14. The molecule has 16 heavy (non-hydrogen) atoms. The SMILES string of the molecule is COCC1(C(=O)Nc2cncc(C)c2)CC1. The van der Waals surface area contributed by atoms with Gasteiger partial charge in [-0.05, 0) is 31.4 Å². The Hall–Kier alpha value is -1.42. The number of ether oxygens (including phenoxy) is 1. The zero-order valence-electron chi connectivity index (χ0n) is 9.62. The molecule has 1 heterocycles. The second-order valence-corrected chi connectivity index (χ2v) is 4.42. The Morgan fingerprint density at radius 3 is 2.88 bits per heavy atom. The van der Waals surface area contributed by atoms with Crippen molar-refractivity contribution in [2.24, 2.45) is 5.41 Å². The molecule has 1 aliphatic rings. The van der Waals surface area contributed by atoms with Crippen LogP contribution < -0.4 is 5.32 Å². The van der Waals surface area contributed by atoms with Gasteiger partial charge in [-0.1, -0.05) is 0 Å². The lowest BCUT2D eigenvalue weighted by Crippen LogP contribution is -2.28. The number of carbonyl (C=O) groups excluding carboxylic acids is 1. The standard InChI is InChI=1S/C12H16N2O2/c1-9-5-10(7-13-6-9)14-11(15)12(3-4-12)8-16-2/h5-7H,3-4,8H2,1-2H3,(H,14,15). The number of nitrogens with one attached hydrogen (secondary N) is 1. The van der Waals surface area contributed by atoms with Crippen LogP contribution in [0.5, 0.6) is 0 Å². The maximum atomic E-state index is 12.0. The van der Waals surface area contributed by atoms with Gasteiger partial charge in [0.15, 0.2) is 0 Å². The van der Waals surface area contributed by atoms with Crippen LogP contribution in [0.25, 0.3) is 0 Å². The Kier molecular flexibility index (Phi) is 2.92. The first-order chi connectivity index (χ1) is 7.66. The molecule has 1 aromatic rings. The zero-order valence-corrected chi connectivity index (χ0v) is 9.62. The van der Waals surface area contributed by atoms with Crippen molar-refractivity contribution in [3.05, 3.63) is 24.0 Å². The summed E-state index contributed by atoms with van der Waals surface area (Å²) in [5, 5.41) is 2.89. The minimum atomic E-state index is -0.293. The predicted octanol–water partition coefficient (Wildman–Crippen LogP) is 1.76. The van der Waals surface area contributed by atoms with E-state index in [0.29, 0.717) is 6.61 Å². The van der Waals surface area contributed by atoms with Gasteiger partial charge in [0.1, 0.15) is 0 Å². The summed E-state index contributed by atoms with van der Waals surface area (Å²) < 4.78 is 5.08. The van der Waals surface area contributed by atoms with E-state index >= 15 is 0 Å². The largest absolute Gasteiger partial charge is 0.384 e. The van der Waals surface area contributed by atoms with Crippen molar-refractivity contribution in [2.45, 2.75) is 19.8 Å². The molecular weight excluding hydrogens is 204 g/mol. The topological polar surface area (TPSA) is 51.2 Å². The van der Waals surface area contributed by atoms with Crippen LogP contribution in [0.3, 0.4) is 0 Å². The molecular formula is C12H16N2O2. The van der Waals surface area contributed by atoms with Crippen molar-refractivity contribution in [1.82, 2.24) is 4.98 Å². The molecule has 0 bridgehead atoms. The van der Waals surface area contributed by atoms with Gasteiger partial charge in [0.2, 0.25) is 5.91 Å². The molecule has 1 aliphatic carbocycles. The van der Waals surface area contributed by atoms with Gasteiger partial charge in [0, 0.05) is 13.3 Å². The number of anilines is 1. The minimum absolute atomic E-state index is 0.0433. The summed E-state index contributed by atoms with van der Waals surface area (Å²) in [6, 6.07) is 1.91. The van der Waals surface area contributed by atoms with Crippen LogP contribution in [-0.2, 0) is 9.53 Å². The lowest BCUT2D eigenvalue weighted by molar-refractivity contribution is -0.122. The average Bonchev–Trinajstić information content (AvgIpc) is 2.99. The van der Waals surface area contributed by atoms with Gasteiger partial charge in [-0.3, -0.25) is 9.78 Å². The fraction of sp³-hybridized carbons (Fsp3) is 0.500. The van der Waals surface area contributed by atoms with E-state index in [-0.39, 0.29) is 11.3 Å². The first-order valence-electron chi connectivity index (χ1n) is 5.38. The summed E-state index contributed by atoms with van der Waals surface area (Å²) in [5.41, 5.74) is 1.50. The number of aryl methyl sites for hydroxylation is 1. The Balaban J connectivity index is 2.02.